The highest BCUT2D eigenvalue weighted by Crippen LogP contribution is 2.33. The smallest absolute Gasteiger partial charge is 0.160 e. The molecule has 0 bridgehead atoms. The van der Waals surface area contributed by atoms with Gasteiger partial charge in [-0.25, -0.2) is 0 Å². The minimum Gasteiger partial charge on any atom is -0.490 e. The van der Waals surface area contributed by atoms with Gasteiger partial charge in [0.2, 0.25) is 0 Å². The Bertz CT molecular complexity index is 249. The lowest BCUT2D eigenvalue weighted by Crippen LogP contribution is -2.19. The van der Waals surface area contributed by atoms with Crippen molar-refractivity contribution in [2.75, 3.05) is 13.2 Å². The van der Waals surface area contributed by atoms with Crippen LogP contribution >= 0.6 is 12.4 Å². The van der Waals surface area contributed by atoms with Crippen LogP contribution in [0.5, 0.6) is 5.75 Å². The molecule has 0 aromatic carbocycles. The van der Waals surface area contributed by atoms with Crippen LogP contribution in [0.2, 0.25) is 0 Å². The zero-order valence-corrected chi connectivity index (χ0v) is 7.47. The molecule has 3 nitrogen and oxygen atoms in total. The zero-order valence-electron chi connectivity index (χ0n) is 6.66. The fourth-order valence-electron chi connectivity index (χ4n) is 1.39. The Morgan fingerprint density at radius 2 is 2.42 bits per heavy atom. The van der Waals surface area contributed by atoms with Crippen molar-refractivity contribution in [3.05, 3.63) is 18.1 Å². The number of rotatable bonds is 1. The van der Waals surface area contributed by atoms with E-state index in [1.807, 2.05) is 6.07 Å². The molecule has 1 unspecified atom stereocenters. The molecule has 68 valence electrons. The third-order valence-electron chi connectivity index (χ3n) is 2.04. The first-order valence-corrected chi connectivity index (χ1v) is 3.82. The maximum atomic E-state index is 5.56. The predicted octanol–water partition coefficient (Wildman–Crippen LogP) is 1.53. The summed E-state index contributed by atoms with van der Waals surface area (Å²) in [5, 5.41) is 0. The van der Waals surface area contributed by atoms with Crippen LogP contribution < -0.4 is 10.5 Å². The van der Waals surface area contributed by atoms with Crippen LogP contribution in [0.25, 0.3) is 0 Å². The summed E-state index contributed by atoms with van der Waals surface area (Å²) in [5.41, 5.74) is 5.56. The van der Waals surface area contributed by atoms with Crippen LogP contribution in [-0.2, 0) is 0 Å². The van der Waals surface area contributed by atoms with Crippen LogP contribution in [-0.4, -0.2) is 13.2 Å². The van der Waals surface area contributed by atoms with Crippen molar-refractivity contribution in [3.8, 4) is 5.75 Å². The number of halogens is 1. The average Bonchev–Trinajstić information content (AvgIpc) is 2.50. The molecule has 0 saturated heterocycles. The Kier molecular flexibility index (Phi) is 3.00. The SMILES string of the molecule is Cl.NCC1CCOc2ccoc21. The number of hydrogen-bond acceptors (Lipinski definition) is 3. The molecule has 2 N–H and O–H groups in total. The van der Waals surface area contributed by atoms with Crippen molar-refractivity contribution in [3.63, 3.8) is 0 Å². The van der Waals surface area contributed by atoms with E-state index >= 15 is 0 Å². The molecule has 12 heavy (non-hydrogen) atoms. The van der Waals surface area contributed by atoms with Crippen molar-refractivity contribution in [1.82, 2.24) is 0 Å². The summed E-state index contributed by atoms with van der Waals surface area (Å²) in [4.78, 5) is 0. The van der Waals surface area contributed by atoms with E-state index in [9.17, 15) is 0 Å². The molecule has 1 aromatic heterocycles. The molecule has 1 aromatic rings. The lowest BCUT2D eigenvalue weighted by molar-refractivity contribution is 0.247. The Balaban J connectivity index is 0.000000720. The van der Waals surface area contributed by atoms with Gasteiger partial charge in [-0.1, -0.05) is 0 Å². The number of ether oxygens (including phenoxy) is 1. The minimum absolute atomic E-state index is 0. The molecule has 1 aliphatic rings. The first kappa shape index (κ1) is 9.42. The van der Waals surface area contributed by atoms with Crippen molar-refractivity contribution in [2.45, 2.75) is 12.3 Å². The Morgan fingerprint density at radius 1 is 1.58 bits per heavy atom. The van der Waals surface area contributed by atoms with E-state index < -0.39 is 0 Å². The van der Waals surface area contributed by atoms with Gasteiger partial charge in [0, 0.05) is 18.5 Å². The molecule has 1 aliphatic heterocycles. The van der Waals surface area contributed by atoms with Gasteiger partial charge in [0.15, 0.2) is 5.75 Å². The molecule has 2 rings (SSSR count). The van der Waals surface area contributed by atoms with Gasteiger partial charge >= 0.3 is 0 Å². The summed E-state index contributed by atoms with van der Waals surface area (Å²) in [5.74, 6) is 2.14. The monoisotopic (exact) mass is 189 g/mol. The summed E-state index contributed by atoms with van der Waals surface area (Å²) in [6.45, 7) is 1.40. The minimum atomic E-state index is 0. The Hall–Kier alpha value is -0.670. The molecule has 0 amide bonds. The third-order valence-corrected chi connectivity index (χ3v) is 2.04. The van der Waals surface area contributed by atoms with Crippen molar-refractivity contribution >= 4 is 12.4 Å². The fourth-order valence-corrected chi connectivity index (χ4v) is 1.39. The van der Waals surface area contributed by atoms with Crippen LogP contribution in [0.1, 0.15) is 18.1 Å². The normalized spacial score (nSPS) is 20.6. The highest BCUT2D eigenvalue weighted by molar-refractivity contribution is 5.85. The highest BCUT2D eigenvalue weighted by Gasteiger charge is 2.22. The maximum absolute atomic E-state index is 5.56. The molecule has 0 radical (unpaired) electrons. The largest absolute Gasteiger partial charge is 0.490 e. The van der Waals surface area contributed by atoms with Crippen LogP contribution in [0.15, 0.2) is 16.7 Å². The molecule has 0 aliphatic carbocycles. The standard InChI is InChI=1S/C8H11NO2.ClH/c9-5-6-1-3-10-7-2-4-11-8(6)7;/h2,4,6H,1,3,5,9H2;1H. The summed E-state index contributed by atoms with van der Waals surface area (Å²) in [6, 6.07) is 1.84. The first-order valence-electron chi connectivity index (χ1n) is 3.82. The molecule has 0 spiro atoms. The lowest BCUT2D eigenvalue weighted by atomic mass is 10.0. The van der Waals surface area contributed by atoms with Crippen LogP contribution in [0.3, 0.4) is 0 Å². The quantitative estimate of drug-likeness (QED) is 0.729. The fraction of sp³-hybridized carbons (Fsp3) is 0.500. The van der Waals surface area contributed by atoms with E-state index in [1.54, 1.807) is 6.26 Å². The van der Waals surface area contributed by atoms with Crippen molar-refractivity contribution in [1.29, 1.82) is 0 Å². The number of fused-ring (bicyclic) bond motifs is 1. The number of furan rings is 1. The average molecular weight is 190 g/mol. The lowest BCUT2D eigenvalue weighted by Gasteiger charge is -2.19. The molecule has 2 heterocycles. The van der Waals surface area contributed by atoms with E-state index in [0.717, 1.165) is 24.5 Å². The Morgan fingerprint density at radius 3 is 3.17 bits per heavy atom. The first-order chi connectivity index (χ1) is 5.42. The molecule has 0 saturated carbocycles. The molecular weight excluding hydrogens is 178 g/mol. The van der Waals surface area contributed by atoms with Gasteiger partial charge in [-0.15, -0.1) is 12.4 Å². The van der Waals surface area contributed by atoms with E-state index in [-0.39, 0.29) is 12.4 Å². The zero-order chi connectivity index (χ0) is 7.68. The van der Waals surface area contributed by atoms with Crippen molar-refractivity contribution in [2.24, 2.45) is 5.73 Å². The summed E-state index contributed by atoms with van der Waals surface area (Å²) in [7, 11) is 0. The second-order valence-corrected chi connectivity index (χ2v) is 2.72. The van der Waals surface area contributed by atoms with Crippen LogP contribution in [0.4, 0.5) is 0 Å². The van der Waals surface area contributed by atoms with Gasteiger partial charge in [0.25, 0.3) is 0 Å². The number of nitrogens with two attached hydrogens (primary N) is 1. The third kappa shape index (κ3) is 1.42. The maximum Gasteiger partial charge on any atom is 0.160 e. The van der Waals surface area contributed by atoms with Crippen molar-refractivity contribution < 1.29 is 9.15 Å². The van der Waals surface area contributed by atoms with E-state index in [1.165, 1.54) is 0 Å². The molecule has 4 heteroatoms. The Labute approximate surface area is 77.3 Å². The van der Waals surface area contributed by atoms with E-state index in [2.05, 4.69) is 0 Å². The van der Waals surface area contributed by atoms with Gasteiger partial charge < -0.3 is 14.9 Å². The summed E-state index contributed by atoms with van der Waals surface area (Å²) >= 11 is 0. The second-order valence-electron chi connectivity index (χ2n) is 2.72. The highest BCUT2D eigenvalue weighted by atomic mass is 35.5. The topological polar surface area (TPSA) is 48.4 Å². The summed E-state index contributed by atoms with van der Waals surface area (Å²) in [6.07, 6.45) is 2.62. The molecular formula is C8H12ClNO2. The van der Waals surface area contributed by atoms with E-state index in [0.29, 0.717) is 12.5 Å². The van der Waals surface area contributed by atoms with Gasteiger partial charge in [0.05, 0.1) is 12.9 Å². The molecule has 0 fully saturated rings. The second kappa shape index (κ2) is 3.83. The predicted molar refractivity (Wildman–Crippen MR) is 47.9 cm³/mol. The van der Waals surface area contributed by atoms with Crippen LogP contribution in [0, 0.1) is 0 Å². The number of hydrogen-bond donors (Lipinski definition) is 1. The van der Waals surface area contributed by atoms with Gasteiger partial charge in [-0.3, -0.25) is 0 Å². The van der Waals surface area contributed by atoms with E-state index in [4.69, 9.17) is 14.9 Å². The van der Waals surface area contributed by atoms with Gasteiger partial charge in [-0.05, 0) is 6.42 Å². The van der Waals surface area contributed by atoms with Gasteiger partial charge in [-0.2, -0.15) is 0 Å². The summed E-state index contributed by atoms with van der Waals surface area (Å²) < 4.78 is 10.6. The van der Waals surface area contributed by atoms with Gasteiger partial charge in [0.1, 0.15) is 5.76 Å². The molecule has 1 atom stereocenters.